The van der Waals surface area contributed by atoms with Gasteiger partial charge in [-0.05, 0) is 68.1 Å². The zero-order chi connectivity index (χ0) is 39.2. The zero-order valence-electron chi connectivity index (χ0n) is 31.9. The highest BCUT2D eigenvalue weighted by molar-refractivity contribution is 7.99. The van der Waals surface area contributed by atoms with E-state index in [4.69, 9.17) is 33.2 Å². The molecule has 2 fully saturated rings. The third kappa shape index (κ3) is 5.27. The first-order valence-corrected chi connectivity index (χ1v) is 19.8. The van der Waals surface area contributed by atoms with Crippen molar-refractivity contribution < 1.29 is 53.0 Å². The summed E-state index contributed by atoms with van der Waals surface area (Å²) in [5.74, 6) is 1.76. The highest BCUT2D eigenvalue weighted by Crippen LogP contribution is 2.64. The van der Waals surface area contributed by atoms with Crippen LogP contribution in [0, 0.1) is 13.8 Å². The van der Waals surface area contributed by atoms with Gasteiger partial charge in [0.1, 0.15) is 19.0 Å². The molecule has 7 heterocycles. The molecular weight excluding hydrogens is 743 g/mol. The van der Waals surface area contributed by atoms with Gasteiger partial charge < -0.3 is 43.4 Å². The van der Waals surface area contributed by atoms with Crippen LogP contribution in [0.3, 0.4) is 0 Å². The second-order valence-electron chi connectivity index (χ2n) is 15.2. The van der Waals surface area contributed by atoms with Crippen molar-refractivity contribution in [3.8, 4) is 40.2 Å². The quantitative estimate of drug-likeness (QED) is 0.183. The second-order valence-corrected chi connectivity index (χ2v) is 16.3. The van der Waals surface area contributed by atoms with Crippen molar-refractivity contribution in [1.82, 2.24) is 15.1 Å². The van der Waals surface area contributed by atoms with E-state index >= 15 is 0 Å². The number of nitrogens with zero attached hydrogens (tertiary/aromatic N) is 2. The molecular formula is C41H45N3O11S. The number of fused-ring (bicyclic) bond motifs is 9. The smallest absolute Gasteiger partial charge is 0.504 e. The number of hydrogen-bond donors (Lipinski definition) is 3. The molecule has 3 N–H and O–H groups in total. The molecule has 7 aliphatic rings. The summed E-state index contributed by atoms with van der Waals surface area (Å²) in [4.78, 5) is 32.8. The van der Waals surface area contributed by atoms with Crippen molar-refractivity contribution in [2.75, 3.05) is 60.1 Å². The van der Waals surface area contributed by atoms with E-state index in [2.05, 4.69) is 34.8 Å². The van der Waals surface area contributed by atoms with E-state index in [1.807, 2.05) is 13.8 Å². The molecule has 2 saturated heterocycles. The molecule has 3 aromatic rings. The van der Waals surface area contributed by atoms with Gasteiger partial charge in [0, 0.05) is 53.2 Å². The van der Waals surface area contributed by atoms with Crippen molar-refractivity contribution in [1.29, 1.82) is 0 Å². The Morgan fingerprint density at radius 1 is 1.07 bits per heavy atom. The first kappa shape index (κ1) is 36.8. The van der Waals surface area contributed by atoms with E-state index in [1.54, 1.807) is 19.2 Å². The molecule has 6 atom stereocenters. The van der Waals surface area contributed by atoms with Crippen molar-refractivity contribution in [2.24, 2.45) is 0 Å². The van der Waals surface area contributed by atoms with Gasteiger partial charge >= 0.3 is 12.1 Å². The molecule has 296 valence electrons. The number of nitrogens with one attached hydrogen (secondary N) is 1. The Morgan fingerprint density at radius 2 is 1.88 bits per heavy atom. The summed E-state index contributed by atoms with van der Waals surface area (Å²) in [6.07, 6.45) is 1.84. The minimum atomic E-state index is -1.33. The third-order valence-electron chi connectivity index (χ3n) is 12.5. The first-order chi connectivity index (χ1) is 27.0. The van der Waals surface area contributed by atoms with E-state index in [9.17, 15) is 19.8 Å². The minimum Gasteiger partial charge on any atom is -0.504 e. The molecule has 0 aromatic heterocycles. The van der Waals surface area contributed by atoms with E-state index in [-0.39, 0.29) is 66.9 Å². The van der Waals surface area contributed by atoms with E-state index in [0.29, 0.717) is 59.9 Å². The predicted octanol–water partition coefficient (Wildman–Crippen LogP) is 4.87. The number of thioether (sulfide) groups is 1. The van der Waals surface area contributed by atoms with Crippen molar-refractivity contribution >= 4 is 23.9 Å². The van der Waals surface area contributed by atoms with E-state index < -0.39 is 29.0 Å². The van der Waals surface area contributed by atoms with Crippen LogP contribution in [0.2, 0.25) is 0 Å². The molecule has 0 saturated carbocycles. The van der Waals surface area contributed by atoms with Gasteiger partial charge in [-0.15, -0.1) is 11.8 Å². The van der Waals surface area contributed by atoms with E-state index in [0.717, 1.165) is 27.8 Å². The number of methoxy groups -OCH3 is 2. The topological polar surface area (TPSA) is 158 Å². The average molecular weight is 788 g/mol. The Hall–Kier alpha value is -4.83. The maximum atomic E-state index is 14.7. The summed E-state index contributed by atoms with van der Waals surface area (Å²) >= 11 is 1.54. The van der Waals surface area contributed by atoms with Crippen LogP contribution in [0.15, 0.2) is 30.9 Å². The van der Waals surface area contributed by atoms with Crippen LogP contribution >= 0.6 is 11.8 Å². The number of aryl methyl sites for hydroxylation is 1. The van der Waals surface area contributed by atoms with Gasteiger partial charge in [0.15, 0.2) is 40.0 Å². The van der Waals surface area contributed by atoms with Crippen molar-refractivity contribution in [3.63, 3.8) is 0 Å². The molecule has 10 rings (SSSR count). The number of piperazine rings is 1. The monoisotopic (exact) mass is 787 g/mol. The molecule has 15 heteroatoms. The number of likely N-dealkylation sites (N-methyl/N-ethyl adjacent to an activating group) is 1. The number of ether oxygens (including phenoxy) is 7. The normalized spacial score (nSPS) is 27.3. The number of phenolic OH excluding ortho intramolecular Hbond substituents is 2. The fourth-order valence-electron chi connectivity index (χ4n) is 10.0. The van der Waals surface area contributed by atoms with E-state index in [1.165, 1.54) is 24.9 Å². The lowest BCUT2D eigenvalue weighted by Gasteiger charge is -2.60. The lowest BCUT2D eigenvalue weighted by molar-refractivity contribution is -0.156. The molecule has 4 bridgehead atoms. The van der Waals surface area contributed by atoms with Gasteiger partial charge in [-0.3, -0.25) is 15.1 Å². The van der Waals surface area contributed by atoms with Crippen LogP contribution in [0.5, 0.6) is 40.2 Å². The molecule has 56 heavy (non-hydrogen) atoms. The molecule has 3 aromatic carbocycles. The van der Waals surface area contributed by atoms with Crippen molar-refractivity contribution in [2.45, 2.75) is 61.6 Å². The number of hydrogen-bond acceptors (Lipinski definition) is 15. The maximum Gasteiger partial charge on any atom is 0.514 e. The third-order valence-corrected chi connectivity index (χ3v) is 13.9. The molecule has 5 unspecified atom stereocenters. The van der Waals surface area contributed by atoms with Gasteiger partial charge in [0.05, 0.1) is 31.6 Å². The van der Waals surface area contributed by atoms with Gasteiger partial charge in [0.2, 0.25) is 6.79 Å². The maximum absolute atomic E-state index is 14.7. The summed E-state index contributed by atoms with van der Waals surface area (Å²) in [5, 5.41) is 25.9. The summed E-state index contributed by atoms with van der Waals surface area (Å²) < 4.78 is 41.6. The van der Waals surface area contributed by atoms with Crippen LogP contribution < -0.4 is 29.0 Å². The Balaban J connectivity index is 1.29. The number of carbonyl (C=O) groups excluding carboxylic acids is 2. The highest BCUT2D eigenvalue weighted by Gasteiger charge is 2.59. The number of phenols is 2. The van der Waals surface area contributed by atoms with Crippen LogP contribution in [0.25, 0.3) is 0 Å². The fraction of sp³-hybridized carbons (Fsp3) is 0.463. The average Bonchev–Trinajstić information content (AvgIpc) is 3.67. The van der Waals surface area contributed by atoms with Crippen LogP contribution in [0.1, 0.15) is 61.8 Å². The van der Waals surface area contributed by atoms with Gasteiger partial charge in [-0.2, -0.15) is 0 Å². The van der Waals surface area contributed by atoms with Crippen LogP contribution in [-0.4, -0.2) is 104 Å². The first-order valence-electron chi connectivity index (χ1n) is 18.8. The molecule has 0 amide bonds. The lowest BCUT2D eigenvalue weighted by Crippen LogP contribution is -2.65. The summed E-state index contributed by atoms with van der Waals surface area (Å²) in [7, 11) is 5.13. The zero-order valence-corrected chi connectivity index (χ0v) is 32.7. The van der Waals surface area contributed by atoms with Gasteiger partial charge in [-0.25, -0.2) is 9.59 Å². The lowest BCUT2D eigenvalue weighted by atomic mass is 9.73. The minimum absolute atomic E-state index is 0.00859. The second kappa shape index (κ2) is 13.7. The standard InChI is InChI=1S/C41H45N3O11S/c1-7-10-51-40(48)55-35-20(3)36-37(54-18-53-36)29-25-16-52-39(47)41(24-14-27(49-5)26(45)13-21(24)8-9-42-41)17-56-38(30(29)35)32-31-28-22(11-19(2)34(50-6)33(28)46)12-23(43(31)4)15-44(25)32/h7,11,13-14,23,25,31-32,38,42,45-46H,1,8-10,12,15-18H2,2-6H3/t23?,25?,31?,32?,38?,41-/m1/s1. The largest absolute Gasteiger partial charge is 0.514 e. The summed E-state index contributed by atoms with van der Waals surface area (Å²) in [6.45, 7) is 8.37. The molecule has 0 radical (unpaired) electrons. The predicted molar refractivity (Wildman–Crippen MR) is 204 cm³/mol. The number of esters is 1. The Kier molecular flexibility index (Phi) is 8.99. The summed E-state index contributed by atoms with van der Waals surface area (Å²) in [5.41, 5.74) is 4.84. The molecule has 1 spiro atoms. The Bertz CT molecular complexity index is 2180. The van der Waals surface area contributed by atoms with Crippen LogP contribution in [0.4, 0.5) is 4.79 Å². The molecule has 0 aliphatic carbocycles. The van der Waals surface area contributed by atoms with Crippen LogP contribution in [-0.2, 0) is 32.6 Å². The Labute approximate surface area is 328 Å². The number of carbonyl (C=O) groups is 2. The van der Waals surface area contributed by atoms with Crippen molar-refractivity contribution in [3.05, 3.63) is 75.4 Å². The summed E-state index contributed by atoms with van der Waals surface area (Å²) in [6, 6.07) is 4.27. The fourth-order valence-corrected chi connectivity index (χ4v) is 11.7. The number of rotatable bonds is 5. The van der Waals surface area contributed by atoms with Gasteiger partial charge in [-0.1, -0.05) is 18.7 Å². The highest BCUT2D eigenvalue weighted by atomic mass is 32.2. The number of benzene rings is 3. The number of aromatic hydroxyl groups is 2. The molecule has 7 aliphatic heterocycles. The SMILES string of the molecule is C=CCOC(=O)Oc1c(C)c2c(c3c1C1SC[C@]4(NCCc5cc(O)c(OC)cc54)C(=O)OCC3N3CC4Cc5cc(C)c(OC)c(O)c5C(C13)N4C)OCO2. The molecule has 14 nitrogen and oxygen atoms in total. The Morgan fingerprint density at radius 3 is 2.64 bits per heavy atom. The van der Waals surface area contributed by atoms with Gasteiger partial charge in [0.25, 0.3) is 0 Å².